The number of carboxylic acids is 1. The Morgan fingerprint density at radius 3 is 2.44 bits per heavy atom. The minimum Gasteiger partial charge on any atom is -0.479 e. The van der Waals surface area contributed by atoms with E-state index in [2.05, 4.69) is 10.1 Å². The number of aliphatic carboxylic acids is 1. The summed E-state index contributed by atoms with van der Waals surface area (Å²) < 4.78 is 4.64. The van der Waals surface area contributed by atoms with Gasteiger partial charge in [0, 0.05) is 21.1 Å². The predicted octanol–water partition coefficient (Wildman–Crippen LogP) is 0.220. The van der Waals surface area contributed by atoms with Gasteiger partial charge in [0.2, 0.25) is 12.0 Å². The fourth-order valence-electron chi connectivity index (χ4n) is 1.00. The third-order valence-electron chi connectivity index (χ3n) is 2.03. The molecular formula is C11H18N2O5. The van der Waals surface area contributed by atoms with Crippen molar-refractivity contribution in [1.29, 1.82) is 0 Å². The highest BCUT2D eigenvalue weighted by Gasteiger charge is 2.20. The van der Waals surface area contributed by atoms with Crippen molar-refractivity contribution in [2.45, 2.75) is 18.9 Å². The number of rotatable bonds is 6. The number of ether oxygens (including phenoxy) is 1. The van der Waals surface area contributed by atoms with Crippen LogP contribution in [0.25, 0.3) is 0 Å². The minimum atomic E-state index is -1.22. The van der Waals surface area contributed by atoms with Crippen molar-refractivity contribution in [3.63, 3.8) is 0 Å². The van der Waals surface area contributed by atoms with E-state index in [9.17, 15) is 14.4 Å². The number of carboxylic acid groups (broad SMARTS) is 1. The molecule has 0 aliphatic carbocycles. The number of carbonyl (C=O) groups excluding carboxylic acids is 2. The van der Waals surface area contributed by atoms with Gasteiger partial charge in [-0.05, 0) is 18.9 Å². The molecule has 0 saturated carbocycles. The summed E-state index contributed by atoms with van der Waals surface area (Å²) in [5.74, 6) is -1.40. The van der Waals surface area contributed by atoms with E-state index >= 15 is 0 Å². The van der Waals surface area contributed by atoms with E-state index in [4.69, 9.17) is 5.11 Å². The van der Waals surface area contributed by atoms with Gasteiger partial charge in [-0.2, -0.15) is 0 Å². The zero-order valence-corrected chi connectivity index (χ0v) is 10.7. The monoisotopic (exact) mass is 258 g/mol. The number of nitrogens with zero attached hydrogens (tertiary/aromatic N) is 1. The minimum absolute atomic E-state index is 0.111. The Morgan fingerprint density at radius 1 is 1.39 bits per heavy atom. The summed E-state index contributed by atoms with van der Waals surface area (Å²) in [4.78, 5) is 34.2. The van der Waals surface area contributed by atoms with E-state index in [1.807, 2.05) is 0 Å². The van der Waals surface area contributed by atoms with Crippen molar-refractivity contribution < 1.29 is 24.2 Å². The summed E-state index contributed by atoms with van der Waals surface area (Å²) in [5.41, 5.74) is 0. The van der Waals surface area contributed by atoms with Gasteiger partial charge in [-0.25, -0.2) is 9.59 Å². The third kappa shape index (κ3) is 6.51. The lowest BCUT2D eigenvalue weighted by atomic mass is 10.2. The van der Waals surface area contributed by atoms with Crippen LogP contribution in [0.2, 0.25) is 0 Å². The van der Waals surface area contributed by atoms with Crippen molar-refractivity contribution in [3.8, 4) is 0 Å². The van der Waals surface area contributed by atoms with Gasteiger partial charge in [0.05, 0.1) is 0 Å². The molecule has 0 aliphatic heterocycles. The second-order valence-electron chi connectivity index (χ2n) is 3.69. The second-order valence-corrected chi connectivity index (χ2v) is 3.69. The molecule has 0 aliphatic rings. The number of amides is 2. The van der Waals surface area contributed by atoms with Gasteiger partial charge < -0.3 is 20.1 Å². The lowest BCUT2D eigenvalue weighted by Crippen LogP contribution is -2.31. The van der Waals surface area contributed by atoms with E-state index in [-0.39, 0.29) is 12.3 Å². The summed E-state index contributed by atoms with van der Waals surface area (Å²) in [7, 11) is 4.57. The van der Waals surface area contributed by atoms with Crippen molar-refractivity contribution in [2.24, 2.45) is 0 Å². The van der Waals surface area contributed by atoms with Crippen LogP contribution in [0.5, 0.6) is 0 Å². The Bertz CT molecular complexity index is 338. The molecular weight excluding hydrogens is 240 g/mol. The van der Waals surface area contributed by atoms with E-state index < -0.39 is 18.2 Å². The van der Waals surface area contributed by atoms with E-state index in [0.29, 0.717) is 6.42 Å². The maximum Gasteiger partial charge on any atom is 0.407 e. The van der Waals surface area contributed by atoms with Crippen LogP contribution in [0, 0.1) is 0 Å². The Kier molecular flexibility index (Phi) is 7.18. The van der Waals surface area contributed by atoms with Crippen LogP contribution in [0.15, 0.2) is 12.2 Å². The van der Waals surface area contributed by atoms with Gasteiger partial charge in [0.1, 0.15) is 0 Å². The normalized spacial score (nSPS) is 11.9. The first kappa shape index (κ1) is 16.0. The molecule has 7 nitrogen and oxygen atoms in total. The molecule has 1 atom stereocenters. The summed E-state index contributed by atoms with van der Waals surface area (Å²) in [6, 6.07) is 0. The predicted molar refractivity (Wildman–Crippen MR) is 64.0 cm³/mol. The molecule has 0 unspecified atom stereocenters. The standard InChI is InChI=1S/C11H18N2O5/c1-12-11(17)18-8(10(15)16)6-4-5-7-9(14)13(2)3/h5,7-8H,4,6H2,1-3H3,(H,12,17)(H,15,16)/b7-5+/t8-/m0/s1. The molecule has 0 heterocycles. The molecule has 0 aromatic heterocycles. The molecule has 102 valence electrons. The number of allylic oxidation sites excluding steroid dienone is 1. The molecule has 7 heteroatoms. The van der Waals surface area contributed by atoms with Crippen LogP contribution < -0.4 is 5.32 Å². The maximum absolute atomic E-state index is 11.2. The van der Waals surface area contributed by atoms with E-state index in [0.717, 1.165) is 0 Å². The molecule has 0 radical (unpaired) electrons. The SMILES string of the molecule is CNC(=O)O[C@@H](CC/C=C/C(=O)N(C)C)C(=O)O. The van der Waals surface area contributed by atoms with Gasteiger partial charge in [0.15, 0.2) is 0 Å². The number of hydrogen-bond donors (Lipinski definition) is 2. The number of nitrogens with one attached hydrogen (secondary N) is 1. The molecule has 0 aromatic carbocycles. The van der Waals surface area contributed by atoms with Crippen LogP contribution in [0.1, 0.15) is 12.8 Å². The highest BCUT2D eigenvalue weighted by molar-refractivity contribution is 5.87. The molecule has 0 fully saturated rings. The Hall–Kier alpha value is -2.05. The zero-order chi connectivity index (χ0) is 14.1. The highest BCUT2D eigenvalue weighted by Crippen LogP contribution is 2.04. The number of likely N-dealkylation sites (N-methyl/N-ethyl adjacent to an activating group) is 1. The molecule has 0 aromatic rings. The van der Waals surface area contributed by atoms with Crippen LogP contribution in [0.3, 0.4) is 0 Å². The third-order valence-corrected chi connectivity index (χ3v) is 2.03. The lowest BCUT2D eigenvalue weighted by molar-refractivity contribution is -0.147. The quantitative estimate of drug-likeness (QED) is 0.664. The van der Waals surface area contributed by atoms with Crippen molar-refractivity contribution in [1.82, 2.24) is 10.2 Å². The average molecular weight is 258 g/mol. The fourth-order valence-corrected chi connectivity index (χ4v) is 1.00. The van der Waals surface area contributed by atoms with E-state index in [1.165, 1.54) is 18.0 Å². The van der Waals surface area contributed by atoms with Gasteiger partial charge in [-0.3, -0.25) is 4.79 Å². The number of carbonyl (C=O) groups is 3. The van der Waals surface area contributed by atoms with Crippen LogP contribution in [-0.2, 0) is 14.3 Å². The summed E-state index contributed by atoms with van der Waals surface area (Å²) in [6.07, 6.45) is 1.32. The Labute approximate surface area is 105 Å². The van der Waals surface area contributed by atoms with Crippen molar-refractivity contribution in [2.75, 3.05) is 21.1 Å². The topological polar surface area (TPSA) is 95.9 Å². The van der Waals surface area contributed by atoms with Gasteiger partial charge in [0.25, 0.3) is 0 Å². The van der Waals surface area contributed by atoms with Crippen LogP contribution in [-0.4, -0.2) is 55.2 Å². The highest BCUT2D eigenvalue weighted by atomic mass is 16.6. The second kappa shape index (κ2) is 8.10. The average Bonchev–Trinajstić information content (AvgIpc) is 2.31. The number of alkyl carbamates (subject to hydrolysis) is 1. The van der Waals surface area contributed by atoms with Gasteiger partial charge >= 0.3 is 12.1 Å². The first-order valence-electron chi connectivity index (χ1n) is 5.37. The summed E-state index contributed by atoms with van der Waals surface area (Å²) in [5, 5.41) is 11.0. The molecule has 0 rings (SSSR count). The van der Waals surface area contributed by atoms with Gasteiger partial charge in [-0.1, -0.05) is 6.08 Å². The smallest absolute Gasteiger partial charge is 0.407 e. The van der Waals surface area contributed by atoms with Crippen LogP contribution >= 0.6 is 0 Å². The molecule has 0 spiro atoms. The summed E-state index contributed by atoms with van der Waals surface area (Å²) in [6.45, 7) is 0. The fraction of sp³-hybridized carbons (Fsp3) is 0.545. The molecule has 0 saturated heterocycles. The van der Waals surface area contributed by atoms with Crippen LogP contribution in [0.4, 0.5) is 4.79 Å². The largest absolute Gasteiger partial charge is 0.479 e. The van der Waals surface area contributed by atoms with Crippen molar-refractivity contribution >= 4 is 18.0 Å². The molecule has 18 heavy (non-hydrogen) atoms. The van der Waals surface area contributed by atoms with Gasteiger partial charge in [-0.15, -0.1) is 0 Å². The Balaban J connectivity index is 4.17. The zero-order valence-electron chi connectivity index (χ0n) is 10.7. The van der Waals surface area contributed by atoms with E-state index in [1.54, 1.807) is 20.2 Å². The molecule has 2 N–H and O–H groups in total. The Morgan fingerprint density at radius 2 is 2.00 bits per heavy atom. The lowest BCUT2D eigenvalue weighted by Gasteiger charge is -2.12. The first-order chi connectivity index (χ1) is 8.38. The first-order valence-corrected chi connectivity index (χ1v) is 5.37. The molecule has 2 amide bonds. The maximum atomic E-state index is 11.2. The molecule has 0 bridgehead atoms. The number of hydrogen-bond acceptors (Lipinski definition) is 4. The van der Waals surface area contributed by atoms with Crippen molar-refractivity contribution in [3.05, 3.63) is 12.2 Å². The summed E-state index contributed by atoms with van der Waals surface area (Å²) >= 11 is 0.